The van der Waals surface area contributed by atoms with Gasteiger partial charge in [0.1, 0.15) is 0 Å². The van der Waals surface area contributed by atoms with Gasteiger partial charge in [-0.1, -0.05) is 56.3 Å². The van der Waals surface area contributed by atoms with Gasteiger partial charge in [0.25, 0.3) is 0 Å². The lowest BCUT2D eigenvalue weighted by Gasteiger charge is -2.15. The van der Waals surface area contributed by atoms with Crippen LogP contribution in [0.15, 0.2) is 34.9 Å². The summed E-state index contributed by atoms with van der Waals surface area (Å²) in [6.45, 7) is 6.16. The molecule has 1 N–H and O–H groups in total. The van der Waals surface area contributed by atoms with Crippen molar-refractivity contribution in [2.24, 2.45) is 0 Å². The van der Waals surface area contributed by atoms with Gasteiger partial charge in [-0.3, -0.25) is 0 Å². The van der Waals surface area contributed by atoms with Crippen molar-refractivity contribution in [3.8, 4) is 0 Å². The van der Waals surface area contributed by atoms with Crippen LogP contribution >= 0.6 is 11.8 Å². The predicted octanol–water partition coefficient (Wildman–Crippen LogP) is 3.55. The van der Waals surface area contributed by atoms with Crippen molar-refractivity contribution in [2.45, 2.75) is 43.8 Å². The number of aliphatic hydroxyl groups is 1. The molecule has 0 spiro atoms. The van der Waals surface area contributed by atoms with Crippen LogP contribution in [0.1, 0.15) is 50.1 Å². The molecule has 0 bridgehead atoms. The van der Waals surface area contributed by atoms with Gasteiger partial charge < -0.3 is 9.63 Å². The lowest BCUT2D eigenvalue weighted by Crippen LogP contribution is -2.08. The van der Waals surface area contributed by atoms with E-state index in [1.807, 2.05) is 37.3 Å². The second-order valence-electron chi connectivity index (χ2n) is 5.05. The van der Waals surface area contributed by atoms with Crippen LogP contribution in [0, 0.1) is 0 Å². The van der Waals surface area contributed by atoms with Crippen LogP contribution in [-0.4, -0.2) is 20.5 Å². The highest BCUT2D eigenvalue weighted by atomic mass is 32.2. The molecule has 108 valence electrons. The molecule has 0 saturated carbocycles. The third-order valence-electron chi connectivity index (χ3n) is 3.03. The molecule has 0 aliphatic heterocycles. The second kappa shape index (κ2) is 6.90. The Hall–Kier alpha value is -1.33. The SMILES string of the molecule is CC(C)SCc1noc(C(C)C(O)c2ccccc2)n1. The molecule has 2 atom stereocenters. The number of benzene rings is 1. The van der Waals surface area contributed by atoms with E-state index < -0.39 is 6.10 Å². The highest BCUT2D eigenvalue weighted by molar-refractivity contribution is 7.99. The molecule has 0 amide bonds. The van der Waals surface area contributed by atoms with Gasteiger partial charge in [-0.2, -0.15) is 16.7 Å². The number of hydrogen-bond acceptors (Lipinski definition) is 5. The summed E-state index contributed by atoms with van der Waals surface area (Å²) < 4.78 is 5.27. The zero-order chi connectivity index (χ0) is 14.5. The first kappa shape index (κ1) is 15.1. The molecule has 0 fully saturated rings. The maximum absolute atomic E-state index is 10.3. The molecule has 1 aromatic heterocycles. The van der Waals surface area contributed by atoms with E-state index >= 15 is 0 Å². The summed E-state index contributed by atoms with van der Waals surface area (Å²) in [4.78, 5) is 4.37. The Balaban J connectivity index is 2.04. The van der Waals surface area contributed by atoms with Gasteiger partial charge in [-0.25, -0.2) is 0 Å². The van der Waals surface area contributed by atoms with Gasteiger partial charge >= 0.3 is 0 Å². The quantitative estimate of drug-likeness (QED) is 0.882. The Bertz CT molecular complexity index is 528. The fourth-order valence-electron chi connectivity index (χ4n) is 1.83. The van der Waals surface area contributed by atoms with Crippen LogP contribution in [0.4, 0.5) is 0 Å². The van der Waals surface area contributed by atoms with Crippen LogP contribution in [0.2, 0.25) is 0 Å². The second-order valence-corrected chi connectivity index (χ2v) is 6.62. The minimum Gasteiger partial charge on any atom is -0.388 e. The molecule has 0 saturated heterocycles. The molecular formula is C15H20N2O2S. The van der Waals surface area contributed by atoms with E-state index in [2.05, 4.69) is 24.0 Å². The zero-order valence-electron chi connectivity index (χ0n) is 12.0. The largest absolute Gasteiger partial charge is 0.388 e. The van der Waals surface area contributed by atoms with Crippen molar-refractivity contribution in [3.05, 3.63) is 47.6 Å². The smallest absolute Gasteiger partial charge is 0.232 e. The Morgan fingerprint density at radius 3 is 2.55 bits per heavy atom. The van der Waals surface area contributed by atoms with Crippen LogP contribution in [-0.2, 0) is 5.75 Å². The first-order chi connectivity index (χ1) is 9.58. The van der Waals surface area contributed by atoms with Crippen molar-refractivity contribution < 1.29 is 9.63 Å². The van der Waals surface area contributed by atoms with Crippen LogP contribution in [0.5, 0.6) is 0 Å². The Kier molecular flexibility index (Phi) is 5.20. The fourth-order valence-corrected chi connectivity index (χ4v) is 2.43. The molecule has 1 aromatic carbocycles. The maximum Gasteiger partial charge on any atom is 0.232 e. The Morgan fingerprint density at radius 1 is 1.20 bits per heavy atom. The number of thioether (sulfide) groups is 1. The lowest BCUT2D eigenvalue weighted by atomic mass is 9.97. The highest BCUT2D eigenvalue weighted by Crippen LogP contribution is 2.29. The molecular weight excluding hydrogens is 272 g/mol. The molecule has 2 unspecified atom stereocenters. The summed E-state index contributed by atoms with van der Waals surface area (Å²) >= 11 is 1.77. The number of aromatic nitrogens is 2. The van der Waals surface area contributed by atoms with Crippen LogP contribution < -0.4 is 0 Å². The topological polar surface area (TPSA) is 59.2 Å². The van der Waals surface area contributed by atoms with E-state index in [-0.39, 0.29) is 5.92 Å². The number of rotatable bonds is 6. The minimum absolute atomic E-state index is 0.220. The molecule has 2 aromatic rings. The summed E-state index contributed by atoms with van der Waals surface area (Å²) in [5.41, 5.74) is 0.858. The van der Waals surface area contributed by atoms with E-state index in [0.717, 1.165) is 11.3 Å². The van der Waals surface area contributed by atoms with Gasteiger partial charge in [0.15, 0.2) is 5.82 Å². The molecule has 1 heterocycles. The van der Waals surface area contributed by atoms with Crippen molar-refractivity contribution in [1.82, 2.24) is 10.1 Å². The van der Waals surface area contributed by atoms with Crippen molar-refractivity contribution >= 4 is 11.8 Å². The summed E-state index contributed by atoms with van der Waals surface area (Å²) in [5, 5.41) is 14.8. The lowest BCUT2D eigenvalue weighted by molar-refractivity contribution is 0.135. The predicted molar refractivity (Wildman–Crippen MR) is 80.5 cm³/mol. The van der Waals surface area contributed by atoms with Crippen molar-refractivity contribution in [3.63, 3.8) is 0 Å². The Morgan fingerprint density at radius 2 is 1.90 bits per heavy atom. The third kappa shape index (κ3) is 3.84. The maximum atomic E-state index is 10.3. The van der Waals surface area contributed by atoms with Gasteiger partial charge in [-0.05, 0) is 10.8 Å². The van der Waals surface area contributed by atoms with Crippen LogP contribution in [0.25, 0.3) is 0 Å². The zero-order valence-corrected chi connectivity index (χ0v) is 12.8. The van der Waals surface area contributed by atoms with Gasteiger partial charge in [-0.15, -0.1) is 0 Å². The third-order valence-corrected chi connectivity index (χ3v) is 4.13. The molecule has 0 aliphatic carbocycles. The highest BCUT2D eigenvalue weighted by Gasteiger charge is 2.23. The van der Waals surface area contributed by atoms with Gasteiger partial charge in [0, 0.05) is 0 Å². The van der Waals surface area contributed by atoms with E-state index in [9.17, 15) is 5.11 Å². The molecule has 4 nitrogen and oxygen atoms in total. The average Bonchev–Trinajstić information content (AvgIpc) is 2.93. The number of hydrogen-bond donors (Lipinski definition) is 1. The minimum atomic E-state index is -0.637. The molecule has 2 rings (SSSR count). The first-order valence-electron chi connectivity index (χ1n) is 6.75. The average molecular weight is 292 g/mol. The number of nitrogens with zero attached hydrogens (tertiary/aromatic N) is 2. The van der Waals surface area contributed by atoms with E-state index in [4.69, 9.17) is 4.52 Å². The van der Waals surface area contributed by atoms with Crippen molar-refractivity contribution in [1.29, 1.82) is 0 Å². The summed E-state index contributed by atoms with van der Waals surface area (Å²) in [5.74, 6) is 1.68. The standard InChI is InChI=1S/C15H20N2O2S/c1-10(2)20-9-13-16-15(19-17-13)11(3)14(18)12-7-5-4-6-8-12/h4-8,10-11,14,18H,9H2,1-3H3. The monoisotopic (exact) mass is 292 g/mol. The fraction of sp³-hybridized carbons (Fsp3) is 0.467. The first-order valence-corrected chi connectivity index (χ1v) is 7.80. The van der Waals surface area contributed by atoms with E-state index in [1.165, 1.54) is 0 Å². The van der Waals surface area contributed by atoms with Gasteiger partial charge in [0.05, 0.1) is 17.8 Å². The Labute approximate surface area is 123 Å². The summed E-state index contributed by atoms with van der Waals surface area (Å²) in [6, 6.07) is 9.53. The van der Waals surface area contributed by atoms with Crippen LogP contribution in [0.3, 0.4) is 0 Å². The molecule has 20 heavy (non-hydrogen) atoms. The van der Waals surface area contributed by atoms with E-state index in [0.29, 0.717) is 17.0 Å². The summed E-state index contributed by atoms with van der Waals surface area (Å²) in [6.07, 6.45) is -0.637. The molecule has 5 heteroatoms. The van der Waals surface area contributed by atoms with Gasteiger partial charge in [0.2, 0.25) is 5.89 Å². The molecule has 0 radical (unpaired) electrons. The van der Waals surface area contributed by atoms with Crippen molar-refractivity contribution in [2.75, 3.05) is 0 Å². The number of aliphatic hydroxyl groups excluding tert-OH is 1. The molecule has 0 aliphatic rings. The normalized spacial score (nSPS) is 14.4. The summed E-state index contributed by atoms with van der Waals surface area (Å²) in [7, 11) is 0. The van der Waals surface area contributed by atoms with E-state index in [1.54, 1.807) is 11.8 Å².